The van der Waals surface area contributed by atoms with Crippen molar-refractivity contribution < 1.29 is 0 Å². The van der Waals surface area contributed by atoms with E-state index in [-0.39, 0.29) is 5.56 Å². The number of rotatable bonds is 5. The fourth-order valence-electron chi connectivity index (χ4n) is 3.33. The van der Waals surface area contributed by atoms with E-state index in [0.29, 0.717) is 23.1 Å². The van der Waals surface area contributed by atoms with Gasteiger partial charge < -0.3 is 4.57 Å². The Morgan fingerprint density at radius 1 is 1.14 bits per heavy atom. The van der Waals surface area contributed by atoms with Gasteiger partial charge in [0.1, 0.15) is 5.82 Å². The van der Waals surface area contributed by atoms with E-state index < -0.39 is 0 Å². The summed E-state index contributed by atoms with van der Waals surface area (Å²) < 4.78 is 4.31. The van der Waals surface area contributed by atoms with Crippen LogP contribution in [0.3, 0.4) is 0 Å². The van der Waals surface area contributed by atoms with Crippen LogP contribution in [0, 0.1) is 6.92 Å². The molecular formula is C23H21BrN4O. The monoisotopic (exact) mass is 448 g/mol. The van der Waals surface area contributed by atoms with Crippen molar-refractivity contribution in [2.45, 2.75) is 26.7 Å². The second-order valence-corrected chi connectivity index (χ2v) is 7.86. The summed E-state index contributed by atoms with van der Waals surface area (Å²) in [6.07, 6.45) is 5.26. The molecule has 0 amide bonds. The van der Waals surface area contributed by atoms with Crippen LogP contribution < -0.4 is 5.56 Å². The number of aromatic nitrogens is 3. The predicted octanol–water partition coefficient (Wildman–Crippen LogP) is 5.09. The van der Waals surface area contributed by atoms with Crippen molar-refractivity contribution in [1.29, 1.82) is 0 Å². The summed E-state index contributed by atoms with van der Waals surface area (Å²) in [5.74, 6) is 0.664. The van der Waals surface area contributed by atoms with Gasteiger partial charge in [-0.25, -0.2) is 4.98 Å². The molecule has 0 saturated carbocycles. The fraction of sp³-hybridized carbons (Fsp3) is 0.174. The van der Waals surface area contributed by atoms with Crippen LogP contribution in [0.1, 0.15) is 30.4 Å². The smallest absolute Gasteiger partial charge is 0.282 e. The Labute approximate surface area is 177 Å². The van der Waals surface area contributed by atoms with E-state index in [2.05, 4.69) is 52.0 Å². The van der Waals surface area contributed by atoms with Gasteiger partial charge in [-0.2, -0.15) is 9.78 Å². The lowest BCUT2D eigenvalue weighted by Gasteiger charge is -2.10. The average molecular weight is 449 g/mol. The Bertz CT molecular complexity index is 1270. The summed E-state index contributed by atoms with van der Waals surface area (Å²) in [7, 11) is 0. The number of fused-ring (bicyclic) bond motifs is 1. The van der Waals surface area contributed by atoms with Gasteiger partial charge in [0.05, 0.1) is 22.8 Å². The molecule has 0 fully saturated rings. The normalized spacial score (nSPS) is 11.6. The summed E-state index contributed by atoms with van der Waals surface area (Å²) in [5, 5.41) is 5.08. The van der Waals surface area contributed by atoms with Crippen molar-refractivity contribution in [3.63, 3.8) is 0 Å². The molecule has 5 nitrogen and oxygen atoms in total. The van der Waals surface area contributed by atoms with E-state index in [9.17, 15) is 4.79 Å². The molecule has 0 aliphatic carbocycles. The quantitative estimate of drug-likeness (QED) is 0.399. The van der Waals surface area contributed by atoms with Crippen LogP contribution in [0.4, 0.5) is 0 Å². The maximum absolute atomic E-state index is 13.1. The van der Waals surface area contributed by atoms with Gasteiger partial charge in [0.2, 0.25) is 0 Å². The van der Waals surface area contributed by atoms with Crippen LogP contribution in [-0.4, -0.2) is 20.4 Å². The first-order valence-electron chi connectivity index (χ1n) is 9.57. The second kappa shape index (κ2) is 8.17. The van der Waals surface area contributed by atoms with Crippen LogP contribution in [0.15, 0.2) is 75.2 Å². The van der Waals surface area contributed by atoms with E-state index in [1.54, 1.807) is 12.3 Å². The number of halogens is 1. The van der Waals surface area contributed by atoms with E-state index in [1.807, 2.05) is 47.2 Å². The van der Waals surface area contributed by atoms with E-state index in [4.69, 9.17) is 0 Å². The third-order valence-electron chi connectivity index (χ3n) is 4.71. The average Bonchev–Trinajstić information content (AvgIpc) is 3.17. The first-order chi connectivity index (χ1) is 14.1. The molecule has 4 aromatic rings. The van der Waals surface area contributed by atoms with Gasteiger partial charge in [-0.15, -0.1) is 0 Å². The predicted molar refractivity (Wildman–Crippen MR) is 121 cm³/mol. The van der Waals surface area contributed by atoms with Crippen molar-refractivity contribution in [1.82, 2.24) is 14.2 Å². The molecule has 0 spiro atoms. The van der Waals surface area contributed by atoms with Crippen LogP contribution in [0.25, 0.3) is 16.6 Å². The molecule has 0 saturated heterocycles. The summed E-state index contributed by atoms with van der Waals surface area (Å²) in [6, 6.07) is 17.7. The Hall–Kier alpha value is -2.99. The first kappa shape index (κ1) is 19.3. The van der Waals surface area contributed by atoms with Gasteiger partial charge >= 0.3 is 0 Å². The molecule has 0 aliphatic heterocycles. The zero-order valence-electron chi connectivity index (χ0n) is 16.3. The molecule has 29 heavy (non-hydrogen) atoms. The van der Waals surface area contributed by atoms with E-state index in [1.165, 1.54) is 10.2 Å². The van der Waals surface area contributed by atoms with Gasteiger partial charge in [0, 0.05) is 22.8 Å². The third-order valence-corrected chi connectivity index (χ3v) is 5.21. The summed E-state index contributed by atoms with van der Waals surface area (Å²) in [4.78, 5) is 17.8. The number of aryl methyl sites for hydroxylation is 2. The molecule has 0 radical (unpaired) electrons. The van der Waals surface area contributed by atoms with Crippen LogP contribution in [0.2, 0.25) is 0 Å². The lowest BCUT2D eigenvalue weighted by Crippen LogP contribution is -2.22. The molecule has 0 aliphatic rings. The maximum atomic E-state index is 13.1. The molecule has 6 heteroatoms. The second-order valence-electron chi connectivity index (χ2n) is 6.94. The van der Waals surface area contributed by atoms with Crippen LogP contribution in [0.5, 0.6) is 0 Å². The van der Waals surface area contributed by atoms with E-state index >= 15 is 0 Å². The maximum Gasteiger partial charge on any atom is 0.282 e. The number of nitrogens with zero attached hydrogens (tertiary/aromatic N) is 4. The number of hydrogen-bond donors (Lipinski definition) is 0. The number of hydrogen-bond acceptors (Lipinski definition) is 3. The molecule has 4 rings (SSSR count). The molecule has 0 atom stereocenters. The van der Waals surface area contributed by atoms with Crippen molar-refractivity contribution >= 4 is 33.0 Å². The van der Waals surface area contributed by atoms with Crippen molar-refractivity contribution in [3.8, 4) is 5.69 Å². The molecule has 2 aromatic heterocycles. The zero-order valence-corrected chi connectivity index (χ0v) is 17.9. The first-order valence-corrected chi connectivity index (χ1v) is 10.4. The highest BCUT2D eigenvalue weighted by Gasteiger charge is 2.11. The minimum Gasteiger partial charge on any atom is -0.316 e. The highest BCUT2D eigenvalue weighted by atomic mass is 79.9. The lowest BCUT2D eigenvalue weighted by molar-refractivity contribution is 0.703. The third kappa shape index (κ3) is 3.93. The molecule has 2 heterocycles. The topological polar surface area (TPSA) is 52.2 Å². The van der Waals surface area contributed by atoms with Crippen molar-refractivity contribution in [2.24, 2.45) is 5.10 Å². The molecule has 0 N–H and O–H groups in total. The fourth-order valence-corrected chi connectivity index (χ4v) is 3.69. The SMILES string of the molecule is CCCc1nc2ccc(Br)cc2c(=O)n1N=Cc1cccn1-c1cccc(C)c1. The highest BCUT2D eigenvalue weighted by Crippen LogP contribution is 2.17. The Morgan fingerprint density at radius 3 is 2.79 bits per heavy atom. The standard InChI is InChI=1S/C23H21BrN4O/c1-3-6-22-26-21-11-10-17(24)14-20(21)23(29)28(22)25-15-19-9-5-12-27(19)18-8-4-7-16(2)13-18/h4-5,7-15H,3,6H2,1-2H3. The van der Waals surface area contributed by atoms with Crippen molar-refractivity contribution in [3.05, 3.63) is 92.7 Å². The molecule has 2 aromatic carbocycles. The van der Waals surface area contributed by atoms with Crippen LogP contribution >= 0.6 is 15.9 Å². The van der Waals surface area contributed by atoms with Gasteiger partial charge in [-0.1, -0.05) is 35.0 Å². The van der Waals surface area contributed by atoms with Gasteiger partial charge in [-0.3, -0.25) is 4.79 Å². The Kier molecular flexibility index (Phi) is 5.45. The summed E-state index contributed by atoms with van der Waals surface area (Å²) in [5.41, 5.74) is 3.66. The summed E-state index contributed by atoms with van der Waals surface area (Å²) >= 11 is 3.43. The summed E-state index contributed by atoms with van der Waals surface area (Å²) in [6.45, 7) is 4.13. The molecule has 0 bridgehead atoms. The molecular weight excluding hydrogens is 428 g/mol. The van der Waals surface area contributed by atoms with Gasteiger partial charge in [0.15, 0.2) is 0 Å². The van der Waals surface area contributed by atoms with Gasteiger partial charge in [-0.05, 0) is 61.4 Å². The van der Waals surface area contributed by atoms with Gasteiger partial charge in [0.25, 0.3) is 5.56 Å². The lowest BCUT2D eigenvalue weighted by atomic mass is 10.2. The van der Waals surface area contributed by atoms with Crippen molar-refractivity contribution in [2.75, 3.05) is 0 Å². The van der Waals surface area contributed by atoms with Crippen LogP contribution in [-0.2, 0) is 6.42 Å². The molecule has 0 unspecified atom stereocenters. The zero-order chi connectivity index (χ0) is 20.4. The minimum atomic E-state index is -0.162. The van der Waals surface area contributed by atoms with E-state index in [0.717, 1.165) is 22.3 Å². The molecule has 146 valence electrons. The number of benzene rings is 2. The largest absolute Gasteiger partial charge is 0.316 e. The minimum absolute atomic E-state index is 0.162. The Balaban J connectivity index is 1.81. The highest BCUT2D eigenvalue weighted by molar-refractivity contribution is 9.10. The Morgan fingerprint density at radius 2 is 2.00 bits per heavy atom.